The SMILES string of the molecule is COc1cc(CCC(=O)Oc2cc(C)c3c(c2)O/C(=C\c2ccc(N(C)C)cc2)C3=O)on1. The van der Waals surface area contributed by atoms with Crippen molar-refractivity contribution in [3.8, 4) is 17.4 Å². The minimum Gasteiger partial charge on any atom is -0.479 e. The normalized spacial score (nSPS) is 13.6. The molecule has 0 saturated heterocycles. The lowest BCUT2D eigenvalue weighted by molar-refractivity contribution is -0.134. The van der Waals surface area contributed by atoms with Gasteiger partial charge in [-0.3, -0.25) is 9.59 Å². The van der Waals surface area contributed by atoms with Crippen molar-refractivity contribution in [3.05, 3.63) is 70.7 Å². The fraction of sp³-hybridized carbons (Fsp3) is 0.240. The highest BCUT2D eigenvalue weighted by Gasteiger charge is 2.30. The molecule has 8 heteroatoms. The molecule has 1 aliphatic heterocycles. The first-order chi connectivity index (χ1) is 15.8. The van der Waals surface area contributed by atoms with E-state index >= 15 is 0 Å². The maximum absolute atomic E-state index is 12.9. The monoisotopic (exact) mass is 448 g/mol. The van der Waals surface area contributed by atoms with Gasteiger partial charge in [-0.25, -0.2) is 0 Å². The van der Waals surface area contributed by atoms with Gasteiger partial charge in [0.2, 0.25) is 5.78 Å². The number of benzene rings is 2. The molecular weight excluding hydrogens is 424 g/mol. The van der Waals surface area contributed by atoms with Gasteiger partial charge in [0, 0.05) is 38.3 Å². The lowest BCUT2D eigenvalue weighted by Gasteiger charge is -2.11. The lowest BCUT2D eigenvalue weighted by atomic mass is 10.0. The number of methoxy groups -OCH3 is 1. The molecule has 0 spiro atoms. The van der Waals surface area contributed by atoms with Gasteiger partial charge in [-0.1, -0.05) is 12.1 Å². The van der Waals surface area contributed by atoms with Crippen LogP contribution in [0, 0.1) is 6.92 Å². The molecule has 2 aromatic carbocycles. The predicted molar refractivity (Wildman–Crippen MR) is 122 cm³/mol. The molecule has 4 rings (SSSR count). The van der Waals surface area contributed by atoms with Crippen molar-refractivity contribution < 1.29 is 28.3 Å². The average Bonchev–Trinajstić information content (AvgIpc) is 3.37. The topological polar surface area (TPSA) is 91.1 Å². The Morgan fingerprint density at radius 3 is 2.58 bits per heavy atom. The van der Waals surface area contributed by atoms with Crippen LogP contribution in [-0.2, 0) is 11.2 Å². The van der Waals surface area contributed by atoms with Crippen LogP contribution >= 0.6 is 0 Å². The fourth-order valence-corrected chi connectivity index (χ4v) is 3.47. The number of Topliss-reactive ketones (excluding diaryl/α,β-unsaturated/α-hetero) is 1. The van der Waals surface area contributed by atoms with E-state index in [1.54, 1.807) is 31.2 Å². The van der Waals surface area contributed by atoms with Gasteiger partial charge in [-0.2, -0.15) is 0 Å². The highest BCUT2D eigenvalue weighted by molar-refractivity contribution is 6.15. The van der Waals surface area contributed by atoms with Gasteiger partial charge in [-0.05, 0) is 47.5 Å². The van der Waals surface area contributed by atoms with E-state index in [1.165, 1.54) is 7.11 Å². The summed E-state index contributed by atoms with van der Waals surface area (Å²) in [5.41, 5.74) is 3.06. The van der Waals surface area contributed by atoms with E-state index in [9.17, 15) is 9.59 Å². The van der Waals surface area contributed by atoms with Gasteiger partial charge in [-0.15, -0.1) is 0 Å². The third-order valence-electron chi connectivity index (χ3n) is 5.20. The summed E-state index contributed by atoms with van der Waals surface area (Å²) < 4.78 is 21.3. The van der Waals surface area contributed by atoms with Crippen LogP contribution in [0.5, 0.6) is 17.4 Å². The van der Waals surface area contributed by atoms with Gasteiger partial charge in [0.1, 0.15) is 17.3 Å². The van der Waals surface area contributed by atoms with Crippen LogP contribution in [0.25, 0.3) is 6.08 Å². The summed E-state index contributed by atoms with van der Waals surface area (Å²) in [7, 11) is 5.42. The summed E-state index contributed by atoms with van der Waals surface area (Å²) in [6.45, 7) is 1.78. The zero-order valence-electron chi connectivity index (χ0n) is 18.9. The zero-order chi connectivity index (χ0) is 23.5. The summed E-state index contributed by atoms with van der Waals surface area (Å²) >= 11 is 0. The molecule has 1 aromatic heterocycles. The smallest absolute Gasteiger partial charge is 0.311 e. The van der Waals surface area contributed by atoms with Crippen molar-refractivity contribution in [1.29, 1.82) is 0 Å². The van der Waals surface area contributed by atoms with Gasteiger partial charge in [0.05, 0.1) is 19.1 Å². The molecule has 0 atom stereocenters. The molecule has 1 aliphatic rings. The zero-order valence-corrected chi connectivity index (χ0v) is 18.9. The van der Waals surface area contributed by atoms with Crippen molar-refractivity contribution in [2.45, 2.75) is 19.8 Å². The Balaban J connectivity index is 1.45. The summed E-state index contributed by atoms with van der Waals surface area (Å²) in [4.78, 5) is 27.2. The van der Waals surface area contributed by atoms with Crippen LogP contribution in [0.2, 0.25) is 0 Å². The molecule has 8 nitrogen and oxygen atoms in total. The Labute approximate surface area is 191 Å². The molecule has 33 heavy (non-hydrogen) atoms. The fourth-order valence-electron chi connectivity index (χ4n) is 3.47. The summed E-state index contributed by atoms with van der Waals surface area (Å²) in [6, 6.07) is 12.6. The largest absolute Gasteiger partial charge is 0.479 e. The molecule has 0 bridgehead atoms. The van der Waals surface area contributed by atoms with E-state index in [1.807, 2.05) is 43.3 Å². The lowest BCUT2D eigenvalue weighted by Crippen LogP contribution is -2.09. The first-order valence-electron chi connectivity index (χ1n) is 10.4. The number of carbonyl (C=O) groups is 2. The number of hydrogen-bond acceptors (Lipinski definition) is 8. The Morgan fingerprint density at radius 2 is 1.91 bits per heavy atom. The molecule has 2 heterocycles. The first kappa shape index (κ1) is 22.1. The van der Waals surface area contributed by atoms with Crippen molar-refractivity contribution in [2.24, 2.45) is 0 Å². The second kappa shape index (κ2) is 9.20. The van der Waals surface area contributed by atoms with Crippen molar-refractivity contribution >= 4 is 23.5 Å². The van der Waals surface area contributed by atoms with E-state index in [4.69, 9.17) is 18.7 Å². The third-order valence-corrected chi connectivity index (χ3v) is 5.20. The summed E-state index contributed by atoms with van der Waals surface area (Å²) in [5, 5.41) is 3.70. The summed E-state index contributed by atoms with van der Waals surface area (Å²) in [5.74, 6) is 1.16. The number of allylic oxidation sites excluding steroid dienone is 1. The number of hydrogen-bond donors (Lipinski definition) is 0. The van der Waals surface area contributed by atoms with Gasteiger partial charge >= 0.3 is 5.97 Å². The second-order valence-electron chi connectivity index (χ2n) is 7.85. The van der Waals surface area contributed by atoms with Crippen LogP contribution < -0.4 is 19.1 Å². The molecule has 0 N–H and O–H groups in total. The van der Waals surface area contributed by atoms with Crippen LogP contribution in [-0.4, -0.2) is 38.1 Å². The van der Waals surface area contributed by atoms with Crippen molar-refractivity contribution in [1.82, 2.24) is 5.16 Å². The number of ether oxygens (including phenoxy) is 3. The van der Waals surface area contributed by atoms with E-state index in [0.717, 1.165) is 11.3 Å². The van der Waals surface area contributed by atoms with Crippen LogP contribution in [0.15, 0.2) is 52.7 Å². The van der Waals surface area contributed by atoms with Crippen molar-refractivity contribution in [2.75, 3.05) is 26.1 Å². The quantitative estimate of drug-likeness (QED) is 0.302. The number of aromatic nitrogens is 1. The van der Waals surface area contributed by atoms with Gasteiger partial charge in [0.25, 0.3) is 5.88 Å². The van der Waals surface area contributed by atoms with Gasteiger partial charge in [0.15, 0.2) is 5.76 Å². The maximum Gasteiger partial charge on any atom is 0.311 e. The number of ketones is 1. The summed E-state index contributed by atoms with van der Waals surface area (Å²) in [6.07, 6.45) is 2.13. The number of esters is 1. The average molecular weight is 448 g/mol. The minimum atomic E-state index is -0.439. The number of rotatable bonds is 7. The number of anilines is 1. The number of nitrogens with zero attached hydrogens (tertiary/aromatic N) is 2. The second-order valence-corrected chi connectivity index (χ2v) is 7.85. The Hall–Kier alpha value is -4.07. The van der Waals surface area contributed by atoms with E-state index in [0.29, 0.717) is 40.7 Å². The highest BCUT2D eigenvalue weighted by Crippen LogP contribution is 2.37. The van der Waals surface area contributed by atoms with E-state index < -0.39 is 5.97 Å². The number of carbonyl (C=O) groups excluding carboxylic acids is 2. The van der Waals surface area contributed by atoms with Crippen LogP contribution in [0.1, 0.15) is 33.7 Å². The van der Waals surface area contributed by atoms with E-state index in [-0.39, 0.29) is 18.0 Å². The third kappa shape index (κ3) is 4.90. The molecular formula is C25H24N2O6. The minimum absolute atomic E-state index is 0.0996. The first-order valence-corrected chi connectivity index (χ1v) is 10.4. The molecule has 0 aliphatic carbocycles. The number of fused-ring (bicyclic) bond motifs is 1. The van der Waals surface area contributed by atoms with E-state index in [2.05, 4.69) is 5.16 Å². The maximum atomic E-state index is 12.9. The Morgan fingerprint density at radius 1 is 1.15 bits per heavy atom. The van der Waals surface area contributed by atoms with Crippen LogP contribution in [0.4, 0.5) is 5.69 Å². The molecule has 0 amide bonds. The van der Waals surface area contributed by atoms with Crippen molar-refractivity contribution in [3.63, 3.8) is 0 Å². The van der Waals surface area contributed by atoms with Gasteiger partial charge < -0.3 is 23.6 Å². The molecule has 170 valence electrons. The Bertz CT molecular complexity index is 1220. The number of aryl methyl sites for hydroxylation is 2. The molecule has 0 fully saturated rings. The standard InChI is InChI=1S/C25H24N2O6/c1-15-11-19(31-23(28)10-9-18-14-22(30-4)26-33-18)13-20-24(15)25(29)21(32-20)12-16-5-7-17(8-6-16)27(2)3/h5-8,11-14H,9-10H2,1-4H3/b21-12-. The molecule has 0 unspecified atom stereocenters. The Kier molecular flexibility index (Phi) is 6.17. The molecule has 0 saturated carbocycles. The highest BCUT2D eigenvalue weighted by atomic mass is 16.5. The molecule has 3 aromatic rings. The predicted octanol–water partition coefficient (Wildman–Crippen LogP) is 4.21. The van der Waals surface area contributed by atoms with Crippen LogP contribution in [0.3, 0.4) is 0 Å². The molecule has 0 radical (unpaired) electrons.